The van der Waals surface area contributed by atoms with Crippen LogP contribution in [0.15, 0.2) is 46.9 Å². The third-order valence-electron chi connectivity index (χ3n) is 2.79. The van der Waals surface area contributed by atoms with Crippen LogP contribution < -0.4 is 10.6 Å². The molecule has 0 unspecified atom stereocenters. The molecule has 3 nitrogen and oxygen atoms in total. The Balaban J connectivity index is 2.08. The number of halogens is 2. The number of nitrogens with two attached hydrogens (primary N) is 1. The van der Waals surface area contributed by atoms with E-state index >= 15 is 0 Å². The van der Waals surface area contributed by atoms with Gasteiger partial charge in [0.25, 0.3) is 0 Å². The smallest absolute Gasteiger partial charge is 0.169 e. The predicted molar refractivity (Wildman–Crippen MR) is 78.7 cm³/mol. The molecule has 0 aliphatic carbocycles. The molecule has 0 saturated carbocycles. The highest BCUT2D eigenvalue weighted by Crippen LogP contribution is 2.30. The van der Waals surface area contributed by atoms with Gasteiger partial charge in [0, 0.05) is 0 Å². The molecular weight excluding hydrogens is 325 g/mol. The van der Waals surface area contributed by atoms with Crippen molar-refractivity contribution in [2.75, 3.05) is 6.61 Å². The van der Waals surface area contributed by atoms with Crippen molar-refractivity contribution in [1.82, 2.24) is 0 Å². The van der Waals surface area contributed by atoms with Gasteiger partial charge in [-0.1, -0.05) is 30.3 Å². The van der Waals surface area contributed by atoms with Crippen LogP contribution in [0.25, 0.3) is 0 Å². The van der Waals surface area contributed by atoms with E-state index in [1.54, 1.807) is 0 Å². The lowest BCUT2D eigenvalue weighted by Gasteiger charge is -2.11. The molecule has 2 rings (SSSR count). The van der Waals surface area contributed by atoms with Crippen molar-refractivity contribution in [3.8, 4) is 5.75 Å². The predicted octanol–water partition coefficient (Wildman–Crippen LogP) is 3.60. The summed E-state index contributed by atoms with van der Waals surface area (Å²) in [4.78, 5) is 4.49. The molecule has 106 valence electrons. The van der Waals surface area contributed by atoms with Crippen LogP contribution in [0.3, 0.4) is 0 Å². The zero-order valence-electron chi connectivity index (χ0n) is 10.8. The number of benzene rings is 2. The number of hydrogen-bond donors (Lipinski definition) is 1. The minimum atomic E-state index is -0.401. The van der Waals surface area contributed by atoms with Crippen molar-refractivity contribution in [3.05, 3.63) is 63.9 Å². The van der Waals surface area contributed by atoms with E-state index in [1.165, 1.54) is 6.07 Å². The number of ether oxygens (including phenoxy) is 1. The number of rotatable bonds is 6. The molecule has 0 spiro atoms. The summed E-state index contributed by atoms with van der Waals surface area (Å²) in [5.74, 6) is 4.78. The average molecular weight is 340 g/mol. The van der Waals surface area contributed by atoms with Gasteiger partial charge in [-0.3, -0.25) is 0 Å². The van der Waals surface area contributed by atoms with E-state index in [-0.39, 0.29) is 5.75 Å². The highest BCUT2D eigenvalue weighted by molar-refractivity contribution is 9.10. The zero-order chi connectivity index (χ0) is 14.4. The lowest BCUT2D eigenvalue weighted by atomic mass is 10.1. The van der Waals surface area contributed by atoms with Gasteiger partial charge in [-0.25, -0.2) is 10.3 Å². The first-order valence-electron chi connectivity index (χ1n) is 6.17. The SMILES string of the molecule is NOCCc1cc(F)c(OCc2ccccc2)c(Br)c1. The van der Waals surface area contributed by atoms with Gasteiger partial charge in [-0.05, 0) is 45.6 Å². The fourth-order valence-electron chi connectivity index (χ4n) is 1.80. The molecule has 0 fully saturated rings. The van der Waals surface area contributed by atoms with Crippen molar-refractivity contribution < 1.29 is 14.0 Å². The fourth-order valence-corrected chi connectivity index (χ4v) is 2.40. The summed E-state index contributed by atoms with van der Waals surface area (Å²) in [5, 5.41) is 0. The molecule has 2 N–H and O–H groups in total. The first-order chi connectivity index (χ1) is 9.70. The third kappa shape index (κ3) is 4.03. The molecule has 20 heavy (non-hydrogen) atoms. The molecule has 0 bridgehead atoms. The monoisotopic (exact) mass is 339 g/mol. The van der Waals surface area contributed by atoms with Gasteiger partial charge in [0.15, 0.2) is 11.6 Å². The summed E-state index contributed by atoms with van der Waals surface area (Å²) in [6, 6.07) is 12.9. The topological polar surface area (TPSA) is 44.5 Å². The van der Waals surface area contributed by atoms with Crippen molar-refractivity contribution >= 4 is 15.9 Å². The molecule has 0 amide bonds. The quantitative estimate of drug-likeness (QED) is 0.818. The Hall–Kier alpha value is -1.43. The van der Waals surface area contributed by atoms with Gasteiger partial charge >= 0.3 is 0 Å². The highest BCUT2D eigenvalue weighted by atomic mass is 79.9. The van der Waals surface area contributed by atoms with Crippen LogP contribution in [0.5, 0.6) is 5.75 Å². The Morgan fingerprint density at radius 1 is 1.10 bits per heavy atom. The van der Waals surface area contributed by atoms with E-state index in [1.807, 2.05) is 36.4 Å². The molecular formula is C15H15BrFNO2. The third-order valence-corrected chi connectivity index (χ3v) is 3.38. The second-order valence-electron chi connectivity index (χ2n) is 4.28. The Morgan fingerprint density at radius 3 is 2.50 bits per heavy atom. The van der Waals surface area contributed by atoms with Gasteiger partial charge in [0.2, 0.25) is 0 Å². The first-order valence-corrected chi connectivity index (χ1v) is 6.96. The van der Waals surface area contributed by atoms with Crippen LogP contribution >= 0.6 is 15.9 Å². The number of hydrogen-bond acceptors (Lipinski definition) is 3. The molecule has 2 aromatic rings. The van der Waals surface area contributed by atoms with Gasteiger partial charge in [-0.2, -0.15) is 0 Å². The minimum Gasteiger partial charge on any atom is -0.485 e. The zero-order valence-corrected chi connectivity index (χ0v) is 12.4. The van der Waals surface area contributed by atoms with Gasteiger partial charge in [0.1, 0.15) is 6.61 Å². The van der Waals surface area contributed by atoms with Gasteiger partial charge in [-0.15, -0.1) is 0 Å². The van der Waals surface area contributed by atoms with Crippen LogP contribution in [-0.2, 0) is 17.9 Å². The molecule has 0 aromatic heterocycles. The van der Waals surface area contributed by atoms with Gasteiger partial charge in [0.05, 0.1) is 11.1 Å². The molecule has 0 aliphatic heterocycles. The highest BCUT2D eigenvalue weighted by Gasteiger charge is 2.11. The summed E-state index contributed by atoms with van der Waals surface area (Å²) < 4.78 is 20.1. The Kier molecular flexibility index (Phi) is 5.52. The molecule has 0 atom stereocenters. The summed E-state index contributed by atoms with van der Waals surface area (Å²) in [6.07, 6.45) is 0.547. The summed E-state index contributed by atoms with van der Waals surface area (Å²) in [6.45, 7) is 0.664. The maximum atomic E-state index is 14.0. The average Bonchev–Trinajstić information content (AvgIpc) is 2.45. The van der Waals surface area contributed by atoms with Crippen molar-refractivity contribution in [2.24, 2.45) is 5.90 Å². The normalized spacial score (nSPS) is 10.6. The fraction of sp³-hybridized carbons (Fsp3) is 0.200. The summed E-state index contributed by atoms with van der Waals surface area (Å²) >= 11 is 3.33. The van der Waals surface area contributed by atoms with E-state index < -0.39 is 5.82 Å². The van der Waals surface area contributed by atoms with E-state index in [0.717, 1.165) is 11.1 Å². The molecule has 0 radical (unpaired) electrons. The van der Waals surface area contributed by atoms with Crippen molar-refractivity contribution in [1.29, 1.82) is 0 Å². The second kappa shape index (κ2) is 7.38. The van der Waals surface area contributed by atoms with E-state index in [4.69, 9.17) is 10.6 Å². The lowest BCUT2D eigenvalue weighted by Crippen LogP contribution is -2.05. The Morgan fingerprint density at radius 2 is 1.85 bits per heavy atom. The van der Waals surface area contributed by atoms with Crippen molar-refractivity contribution in [2.45, 2.75) is 13.0 Å². The molecule has 0 heterocycles. The summed E-state index contributed by atoms with van der Waals surface area (Å²) in [5.41, 5.74) is 1.78. The Labute approximate surface area is 125 Å². The largest absolute Gasteiger partial charge is 0.485 e. The molecule has 5 heteroatoms. The first kappa shape index (κ1) is 15.0. The molecule has 2 aromatic carbocycles. The van der Waals surface area contributed by atoms with E-state index in [2.05, 4.69) is 20.8 Å². The van der Waals surface area contributed by atoms with E-state index in [9.17, 15) is 4.39 Å². The second-order valence-corrected chi connectivity index (χ2v) is 5.14. The maximum Gasteiger partial charge on any atom is 0.169 e. The van der Waals surface area contributed by atoms with Crippen LogP contribution in [0.2, 0.25) is 0 Å². The maximum absolute atomic E-state index is 14.0. The van der Waals surface area contributed by atoms with Crippen LogP contribution in [-0.4, -0.2) is 6.61 Å². The minimum absolute atomic E-state index is 0.214. The van der Waals surface area contributed by atoms with Crippen LogP contribution in [0, 0.1) is 5.82 Å². The summed E-state index contributed by atoms with van der Waals surface area (Å²) in [7, 11) is 0. The lowest BCUT2D eigenvalue weighted by molar-refractivity contribution is 0.141. The van der Waals surface area contributed by atoms with Gasteiger partial charge < -0.3 is 9.57 Å². The molecule has 0 aliphatic rings. The van der Waals surface area contributed by atoms with Crippen LogP contribution in [0.4, 0.5) is 4.39 Å². The Bertz CT molecular complexity index is 540. The van der Waals surface area contributed by atoms with E-state index in [0.29, 0.717) is 24.1 Å². The standard InChI is InChI=1S/C15H15BrFNO2/c16-13-8-12(6-7-20-18)9-14(17)15(13)19-10-11-4-2-1-3-5-11/h1-5,8-9H,6-7,10,18H2. The van der Waals surface area contributed by atoms with Crippen molar-refractivity contribution in [3.63, 3.8) is 0 Å². The van der Waals surface area contributed by atoms with Crippen LogP contribution in [0.1, 0.15) is 11.1 Å². The molecule has 0 saturated heterocycles.